The van der Waals surface area contributed by atoms with Gasteiger partial charge < -0.3 is 10.0 Å². The molecule has 0 saturated carbocycles. The number of benzene rings is 1. The predicted octanol–water partition coefficient (Wildman–Crippen LogP) is 2.14. The van der Waals surface area contributed by atoms with Gasteiger partial charge in [-0.15, -0.1) is 0 Å². The number of aliphatic hydroxyl groups is 1. The van der Waals surface area contributed by atoms with Crippen LogP contribution in [0.5, 0.6) is 0 Å². The van der Waals surface area contributed by atoms with Gasteiger partial charge in [0.05, 0.1) is 6.10 Å². The number of likely N-dealkylation sites (tertiary alicyclic amines) is 1. The molecule has 1 aromatic rings. The molecule has 0 spiro atoms. The molecule has 106 valence electrons. The van der Waals surface area contributed by atoms with E-state index in [0.29, 0.717) is 6.04 Å². The summed E-state index contributed by atoms with van der Waals surface area (Å²) in [6, 6.07) is 10.6. The lowest BCUT2D eigenvalue weighted by Gasteiger charge is -2.27. The third-order valence-corrected chi connectivity index (χ3v) is 3.95. The summed E-state index contributed by atoms with van der Waals surface area (Å²) in [6.45, 7) is 3.30. The minimum Gasteiger partial charge on any atom is -0.388 e. The van der Waals surface area contributed by atoms with Crippen molar-refractivity contribution >= 4 is 0 Å². The Morgan fingerprint density at radius 2 is 2.05 bits per heavy atom. The first-order valence-corrected chi connectivity index (χ1v) is 7.28. The van der Waals surface area contributed by atoms with Crippen LogP contribution in [0.15, 0.2) is 30.3 Å². The van der Waals surface area contributed by atoms with Crippen LogP contribution in [-0.2, 0) is 0 Å². The summed E-state index contributed by atoms with van der Waals surface area (Å²) in [7, 11) is 4.27. The second-order valence-electron chi connectivity index (χ2n) is 5.81. The van der Waals surface area contributed by atoms with Crippen LogP contribution in [0.25, 0.3) is 0 Å². The first-order chi connectivity index (χ1) is 9.16. The summed E-state index contributed by atoms with van der Waals surface area (Å²) < 4.78 is 0. The Bertz CT molecular complexity index is 366. The molecular weight excluding hydrogens is 236 g/mol. The quantitative estimate of drug-likeness (QED) is 0.851. The number of hydrogen-bond donors (Lipinski definition) is 1. The second kappa shape index (κ2) is 7.04. The summed E-state index contributed by atoms with van der Waals surface area (Å²) >= 11 is 0. The number of rotatable bonds is 6. The van der Waals surface area contributed by atoms with E-state index in [0.717, 1.165) is 25.1 Å². The summed E-state index contributed by atoms with van der Waals surface area (Å²) in [5.41, 5.74) is 1.03. The molecule has 1 saturated heterocycles. The lowest BCUT2D eigenvalue weighted by Crippen LogP contribution is -2.38. The maximum absolute atomic E-state index is 10.2. The Kier molecular flexibility index (Phi) is 5.37. The van der Waals surface area contributed by atoms with Gasteiger partial charge in [-0.05, 0) is 45.5 Å². The largest absolute Gasteiger partial charge is 0.388 e. The zero-order chi connectivity index (χ0) is 13.7. The molecule has 2 rings (SSSR count). The van der Waals surface area contributed by atoms with Crippen molar-refractivity contribution in [3.63, 3.8) is 0 Å². The van der Waals surface area contributed by atoms with Crippen molar-refractivity contribution in [2.24, 2.45) is 0 Å². The van der Waals surface area contributed by atoms with Crippen molar-refractivity contribution in [2.75, 3.05) is 33.7 Å². The number of likely N-dealkylation sites (N-methyl/N-ethyl adjacent to an activating group) is 1. The summed E-state index contributed by atoms with van der Waals surface area (Å²) in [5, 5.41) is 10.2. The van der Waals surface area contributed by atoms with Gasteiger partial charge >= 0.3 is 0 Å². The van der Waals surface area contributed by atoms with Crippen LogP contribution in [0, 0.1) is 0 Å². The highest BCUT2D eigenvalue weighted by Crippen LogP contribution is 2.21. The van der Waals surface area contributed by atoms with Crippen LogP contribution in [0.3, 0.4) is 0 Å². The summed E-state index contributed by atoms with van der Waals surface area (Å²) in [5.74, 6) is 0. The van der Waals surface area contributed by atoms with Crippen LogP contribution < -0.4 is 0 Å². The molecule has 0 radical (unpaired) electrons. The smallest absolute Gasteiger partial charge is 0.0802 e. The topological polar surface area (TPSA) is 26.7 Å². The van der Waals surface area contributed by atoms with Gasteiger partial charge in [0.25, 0.3) is 0 Å². The monoisotopic (exact) mass is 262 g/mol. The average Bonchev–Trinajstić information content (AvgIpc) is 2.83. The van der Waals surface area contributed by atoms with Gasteiger partial charge in [0, 0.05) is 19.1 Å². The molecule has 19 heavy (non-hydrogen) atoms. The maximum Gasteiger partial charge on any atom is 0.0802 e. The van der Waals surface area contributed by atoms with Crippen molar-refractivity contribution in [1.82, 2.24) is 9.80 Å². The summed E-state index contributed by atoms with van der Waals surface area (Å²) in [4.78, 5) is 4.79. The molecule has 1 aliphatic rings. The Hall–Kier alpha value is -0.900. The van der Waals surface area contributed by atoms with Crippen molar-refractivity contribution in [3.8, 4) is 0 Å². The molecule has 3 nitrogen and oxygen atoms in total. The Morgan fingerprint density at radius 1 is 1.32 bits per heavy atom. The Balaban J connectivity index is 1.81. The molecule has 2 unspecified atom stereocenters. The van der Waals surface area contributed by atoms with E-state index in [1.807, 2.05) is 30.3 Å². The van der Waals surface area contributed by atoms with Gasteiger partial charge in [-0.3, -0.25) is 4.90 Å². The van der Waals surface area contributed by atoms with E-state index in [4.69, 9.17) is 0 Å². The number of hydrogen-bond acceptors (Lipinski definition) is 3. The van der Waals surface area contributed by atoms with Crippen molar-refractivity contribution in [2.45, 2.75) is 31.4 Å². The van der Waals surface area contributed by atoms with E-state index in [2.05, 4.69) is 23.9 Å². The van der Waals surface area contributed by atoms with Crippen molar-refractivity contribution < 1.29 is 5.11 Å². The third-order valence-electron chi connectivity index (χ3n) is 3.95. The highest BCUT2D eigenvalue weighted by atomic mass is 16.3. The van der Waals surface area contributed by atoms with E-state index < -0.39 is 0 Å². The SMILES string of the molecule is CN(C)CC1CCCN1CCC(O)c1ccccc1. The standard InChI is InChI=1S/C16H26N2O/c1-17(2)13-15-9-6-11-18(15)12-10-16(19)14-7-4-3-5-8-14/h3-5,7-8,15-16,19H,6,9-13H2,1-2H3. The Morgan fingerprint density at radius 3 is 2.74 bits per heavy atom. The zero-order valence-electron chi connectivity index (χ0n) is 12.1. The van der Waals surface area contributed by atoms with E-state index in [-0.39, 0.29) is 6.10 Å². The van der Waals surface area contributed by atoms with Crippen LogP contribution in [-0.4, -0.2) is 54.7 Å². The van der Waals surface area contributed by atoms with Crippen LogP contribution in [0.2, 0.25) is 0 Å². The highest BCUT2D eigenvalue weighted by Gasteiger charge is 2.25. The third kappa shape index (κ3) is 4.30. The minimum atomic E-state index is -0.332. The first-order valence-electron chi connectivity index (χ1n) is 7.28. The number of aliphatic hydroxyl groups excluding tert-OH is 1. The van der Waals surface area contributed by atoms with Gasteiger partial charge in [0.2, 0.25) is 0 Å². The number of nitrogens with zero attached hydrogens (tertiary/aromatic N) is 2. The molecule has 1 fully saturated rings. The second-order valence-corrected chi connectivity index (χ2v) is 5.81. The maximum atomic E-state index is 10.2. The zero-order valence-corrected chi connectivity index (χ0v) is 12.1. The fraction of sp³-hybridized carbons (Fsp3) is 0.625. The van der Waals surface area contributed by atoms with Gasteiger partial charge in [-0.2, -0.15) is 0 Å². The molecule has 0 aromatic heterocycles. The van der Waals surface area contributed by atoms with Crippen LogP contribution in [0.4, 0.5) is 0 Å². The normalized spacial score (nSPS) is 22.0. The Labute approximate surface area is 116 Å². The first kappa shape index (κ1) is 14.5. The highest BCUT2D eigenvalue weighted by molar-refractivity contribution is 5.17. The molecule has 3 heteroatoms. The average molecular weight is 262 g/mol. The molecule has 1 N–H and O–H groups in total. The molecule has 1 aliphatic heterocycles. The lowest BCUT2D eigenvalue weighted by atomic mass is 10.1. The van der Waals surface area contributed by atoms with Gasteiger partial charge in [0.1, 0.15) is 0 Å². The van der Waals surface area contributed by atoms with E-state index in [9.17, 15) is 5.11 Å². The van der Waals surface area contributed by atoms with E-state index >= 15 is 0 Å². The van der Waals surface area contributed by atoms with Crippen molar-refractivity contribution in [3.05, 3.63) is 35.9 Å². The summed E-state index contributed by atoms with van der Waals surface area (Å²) in [6.07, 6.45) is 3.08. The molecule has 0 amide bonds. The van der Waals surface area contributed by atoms with Crippen molar-refractivity contribution in [1.29, 1.82) is 0 Å². The van der Waals surface area contributed by atoms with Gasteiger partial charge in [-0.25, -0.2) is 0 Å². The predicted molar refractivity (Wildman–Crippen MR) is 79.2 cm³/mol. The van der Waals surface area contributed by atoms with Gasteiger partial charge in [0.15, 0.2) is 0 Å². The molecular formula is C16H26N2O. The van der Waals surface area contributed by atoms with Crippen LogP contribution in [0.1, 0.15) is 30.9 Å². The molecule has 1 aromatic carbocycles. The van der Waals surface area contributed by atoms with Gasteiger partial charge in [-0.1, -0.05) is 30.3 Å². The fourth-order valence-corrected chi connectivity index (χ4v) is 2.95. The fourth-order valence-electron chi connectivity index (χ4n) is 2.95. The molecule has 1 heterocycles. The van der Waals surface area contributed by atoms with Crippen LogP contribution >= 0.6 is 0 Å². The van der Waals surface area contributed by atoms with E-state index in [1.54, 1.807) is 0 Å². The molecule has 0 bridgehead atoms. The van der Waals surface area contributed by atoms with E-state index in [1.165, 1.54) is 19.4 Å². The lowest BCUT2D eigenvalue weighted by molar-refractivity contribution is 0.131. The molecule has 0 aliphatic carbocycles. The minimum absolute atomic E-state index is 0.332. The molecule has 2 atom stereocenters.